The molecule has 1 aromatic heterocycles. The average Bonchev–Trinajstić information content (AvgIpc) is 2.81. The van der Waals surface area contributed by atoms with Crippen LogP contribution in [-0.2, 0) is 16.1 Å². The van der Waals surface area contributed by atoms with Crippen LogP contribution in [0.5, 0.6) is 0 Å². The van der Waals surface area contributed by atoms with Crippen LogP contribution in [0.2, 0.25) is 0 Å². The SMILES string of the molecule is C=CC(=O)NCc1nc2ccccc2n1C(C)C(C)=O. The van der Waals surface area contributed by atoms with Gasteiger partial charge in [-0.1, -0.05) is 18.7 Å². The molecule has 0 spiro atoms. The van der Waals surface area contributed by atoms with Crippen molar-refractivity contribution in [2.75, 3.05) is 0 Å². The van der Waals surface area contributed by atoms with Crippen molar-refractivity contribution in [2.24, 2.45) is 0 Å². The van der Waals surface area contributed by atoms with Crippen LogP contribution in [0, 0.1) is 0 Å². The van der Waals surface area contributed by atoms with E-state index in [1.54, 1.807) is 6.92 Å². The number of aromatic nitrogens is 2. The first kappa shape index (κ1) is 14.0. The van der Waals surface area contributed by atoms with E-state index >= 15 is 0 Å². The second-order valence-electron chi connectivity index (χ2n) is 4.60. The van der Waals surface area contributed by atoms with Gasteiger partial charge in [-0.2, -0.15) is 0 Å². The largest absolute Gasteiger partial charge is 0.345 e. The van der Waals surface area contributed by atoms with E-state index in [0.717, 1.165) is 11.0 Å². The number of carbonyl (C=O) groups is 2. The molecule has 0 aliphatic carbocycles. The number of carbonyl (C=O) groups excluding carboxylic acids is 2. The van der Waals surface area contributed by atoms with Crippen LogP contribution in [0.15, 0.2) is 36.9 Å². The summed E-state index contributed by atoms with van der Waals surface area (Å²) in [4.78, 5) is 27.4. The number of imidazole rings is 1. The lowest BCUT2D eigenvalue weighted by molar-refractivity contribution is -0.119. The molecule has 1 aromatic carbocycles. The monoisotopic (exact) mass is 271 g/mol. The second kappa shape index (κ2) is 5.69. The van der Waals surface area contributed by atoms with Gasteiger partial charge in [0.05, 0.1) is 23.6 Å². The molecule has 104 valence electrons. The van der Waals surface area contributed by atoms with Crippen molar-refractivity contribution in [2.45, 2.75) is 26.4 Å². The third-order valence-corrected chi connectivity index (χ3v) is 3.25. The first-order valence-corrected chi connectivity index (χ1v) is 6.41. The Bertz CT molecular complexity index is 673. The number of benzene rings is 1. The van der Waals surface area contributed by atoms with E-state index in [2.05, 4.69) is 16.9 Å². The van der Waals surface area contributed by atoms with Gasteiger partial charge >= 0.3 is 0 Å². The Kier molecular flexibility index (Phi) is 3.98. The highest BCUT2D eigenvalue weighted by atomic mass is 16.1. The fourth-order valence-electron chi connectivity index (χ4n) is 2.07. The van der Waals surface area contributed by atoms with Gasteiger partial charge in [0.2, 0.25) is 5.91 Å². The fourth-order valence-corrected chi connectivity index (χ4v) is 2.07. The fraction of sp³-hybridized carbons (Fsp3) is 0.267. The molecule has 1 N–H and O–H groups in total. The molecular formula is C15H17N3O2. The molecule has 0 saturated heterocycles. The molecule has 0 radical (unpaired) electrons. The van der Waals surface area contributed by atoms with Crippen molar-refractivity contribution in [1.82, 2.24) is 14.9 Å². The van der Waals surface area contributed by atoms with Gasteiger partial charge in [0.25, 0.3) is 0 Å². The van der Waals surface area contributed by atoms with Crippen molar-refractivity contribution < 1.29 is 9.59 Å². The lowest BCUT2D eigenvalue weighted by atomic mass is 10.2. The summed E-state index contributed by atoms with van der Waals surface area (Å²) in [5, 5.41) is 2.69. The zero-order chi connectivity index (χ0) is 14.7. The highest BCUT2D eigenvalue weighted by Crippen LogP contribution is 2.21. The summed E-state index contributed by atoms with van der Waals surface area (Å²) in [6, 6.07) is 7.28. The van der Waals surface area contributed by atoms with Crippen molar-refractivity contribution in [3.05, 3.63) is 42.7 Å². The Hall–Kier alpha value is -2.43. The third-order valence-electron chi connectivity index (χ3n) is 3.25. The van der Waals surface area contributed by atoms with Crippen LogP contribution in [0.1, 0.15) is 25.7 Å². The summed E-state index contributed by atoms with van der Waals surface area (Å²) >= 11 is 0. The molecule has 0 bridgehead atoms. The lowest BCUT2D eigenvalue weighted by Crippen LogP contribution is -2.24. The normalized spacial score (nSPS) is 12.1. The molecular weight excluding hydrogens is 254 g/mol. The number of Topliss-reactive ketones (excluding diaryl/α,β-unsaturated/α-hetero) is 1. The van der Waals surface area contributed by atoms with Crippen LogP contribution in [0.25, 0.3) is 11.0 Å². The Morgan fingerprint density at radius 1 is 1.45 bits per heavy atom. The van der Waals surface area contributed by atoms with Crippen LogP contribution in [0.4, 0.5) is 0 Å². The van der Waals surface area contributed by atoms with Crippen molar-refractivity contribution in [3.63, 3.8) is 0 Å². The topological polar surface area (TPSA) is 64.0 Å². The van der Waals surface area contributed by atoms with Gasteiger partial charge in [-0.3, -0.25) is 9.59 Å². The van der Waals surface area contributed by atoms with Gasteiger partial charge in [-0.15, -0.1) is 0 Å². The number of hydrogen-bond donors (Lipinski definition) is 1. The maximum Gasteiger partial charge on any atom is 0.243 e. The Morgan fingerprint density at radius 2 is 2.15 bits per heavy atom. The van der Waals surface area contributed by atoms with Crippen LogP contribution in [0.3, 0.4) is 0 Å². The first-order chi connectivity index (χ1) is 9.54. The third kappa shape index (κ3) is 2.61. The number of amides is 1. The number of ketones is 1. The number of hydrogen-bond acceptors (Lipinski definition) is 3. The average molecular weight is 271 g/mol. The van der Waals surface area contributed by atoms with Crippen molar-refractivity contribution >= 4 is 22.7 Å². The molecule has 1 amide bonds. The van der Waals surface area contributed by atoms with Crippen LogP contribution < -0.4 is 5.32 Å². The van der Waals surface area contributed by atoms with Gasteiger partial charge in [0.1, 0.15) is 5.82 Å². The summed E-state index contributed by atoms with van der Waals surface area (Å²) in [5.74, 6) is 0.438. The van der Waals surface area contributed by atoms with Gasteiger partial charge in [-0.05, 0) is 32.1 Å². The molecule has 1 heterocycles. The second-order valence-corrected chi connectivity index (χ2v) is 4.60. The van der Waals surface area contributed by atoms with Crippen molar-refractivity contribution in [1.29, 1.82) is 0 Å². The van der Waals surface area contributed by atoms with E-state index < -0.39 is 0 Å². The van der Waals surface area contributed by atoms with Gasteiger partial charge < -0.3 is 9.88 Å². The highest BCUT2D eigenvalue weighted by Gasteiger charge is 2.18. The summed E-state index contributed by atoms with van der Waals surface area (Å²) in [7, 11) is 0. The summed E-state index contributed by atoms with van der Waals surface area (Å²) in [5.41, 5.74) is 1.70. The maximum absolute atomic E-state index is 11.7. The Labute approximate surface area is 117 Å². The highest BCUT2D eigenvalue weighted by molar-refractivity contribution is 5.87. The van der Waals surface area contributed by atoms with E-state index in [0.29, 0.717) is 5.82 Å². The predicted molar refractivity (Wildman–Crippen MR) is 77.2 cm³/mol. The van der Waals surface area contributed by atoms with E-state index in [1.165, 1.54) is 6.08 Å². The summed E-state index contributed by atoms with van der Waals surface area (Å²) < 4.78 is 1.86. The number of rotatable bonds is 5. The van der Waals surface area contributed by atoms with E-state index in [1.807, 2.05) is 35.8 Å². The number of fused-ring (bicyclic) bond motifs is 1. The smallest absolute Gasteiger partial charge is 0.243 e. The minimum Gasteiger partial charge on any atom is -0.345 e. The molecule has 0 saturated carbocycles. The molecule has 1 unspecified atom stereocenters. The molecule has 2 rings (SSSR count). The van der Waals surface area contributed by atoms with E-state index in [9.17, 15) is 9.59 Å². The predicted octanol–water partition coefficient (Wildman–Crippen LogP) is 1.99. The maximum atomic E-state index is 11.7. The Morgan fingerprint density at radius 3 is 2.80 bits per heavy atom. The zero-order valence-electron chi connectivity index (χ0n) is 11.6. The zero-order valence-corrected chi connectivity index (χ0v) is 11.6. The van der Waals surface area contributed by atoms with Crippen LogP contribution >= 0.6 is 0 Å². The molecule has 1 atom stereocenters. The number of para-hydroxylation sites is 2. The van der Waals surface area contributed by atoms with E-state index in [-0.39, 0.29) is 24.3 Å². The minimum atomic E-state index is -0.321. The molecule has 0 aliphatic rings. The molecule has 0 fully saturated rings. The Balaban J connectivity index is 2.46. The number of nitrogens with one attached hydrogen (secondary N) is 1. The van der Waals surface area contributed by atoms with E-state index in [4.69, 9.17) is 0 Å². The van der Waals surface area contributed by atoms with Crippen LogP contribution in [-0.4, -0.2) is 21.2 Å². The standard InChI is InChI=1S/C15H17N3O2/c1-4-15(20)16-9-14-17-12-7-5-6-8-13(12)18(14)10(2)11(3)19/h4-8,10H,1,9H2,2-3H3,(H,16,20). The van der Waals surface area contributed by atoms with Gasteiger partial charge in [0.15, 0.2) is 5.78 Å². The van der Waals surface area contributed by atoms with Crippen molar-refractivity contribution in [3.8, 4) is 0 Å². The first-order valence-electron chi connectivity index (χ1n) is 6.41. The molecule has 20 heavy (non-hydrogen) atoms. The quantitative estimate of drug-likeness (QED) is 0.846. The molecule has 5 nitrogen and oxygen atoms in total. The summed E-state index contributed by atoms with van der Waals surface area (Å²) in [6.45, 7) is 7.04. The van der Waals surface area contributed by atoms with Gasteiger partial charge in [0, 0.05) is 0 Å². The summed E-state index contributed by atoms with van der Waals surface area (Å²) in [6.07, 6.45) is 1.21. The minimum absolute atomic E-state index is 0.0458. The van der Waals surface area contributed by atoms with Gasteiger partial charge in [-0.25, -0.2) is 4.98 Å². The lowest BCUT2D eigenvalue weighted by Gasteiger charge is -2.15. The molecule has 0 aliphatic heterocycles. The number of nitrogens with zero attached hydrogens (tertiary/aromatic N) is 2. The molecule has 2 aromatic rings. The molecule has 5 heteroatoms.